The van der Waals surface area contributed by atoms with Crippen LogP contribution in [-0.2, 0) is 53.5 Å². The molecule has 0 aliphatic carbocycles. The number of alkyl halides is 1. The van der Waals surface area contributed by atoms with Crippen molar-refractivity contribution in [3.8, 4) is 0 Å². The van der Waals surface area contributed by atoms with E-state index in [0.717, 1.165) is 64.2 Å². The Labute approximate surface area is 195 Å². The first kappa shape index (κ1) is 32.6. The van der Waals surface area contributed by atoms with Gasteiger partial charge in [-0.1, -0.05) is 78.1 Å². The Bertz CT molecular complexity index is 502. The standard InChI is InChI=1S/C18H37FO8P2.Ti/c1-3-5-7-9-11-13-15-24-29(23,25-16-14-12-10-8-6-4-2)27-28(21,22)26-18(20)17-19;/h3-17H2,1-2H3,(H,21,22);. The molecule has 0 heterocycles. The van der Waals surface area contributed by atoms with E-state index in [1.165, 1.54) is 0 Å². The van der Waals surface area contributed by atoms with Gasteiger partial charge in [0.2, 0.25) is 0 Å². The van der Waals surface area contributed by atoms with Crippen molar-refractivity contribution < 1.29 is 62.8 Å². The summed E-state index contributed by atoms with van der Waals surface area (Å²) in [5.41, 5.74) is 0. The van der Waals surface area contributed by atoms with Crippen LogP contribution in [0.15, 0.2) is 0 Å². The second kappa shape index (κ2) is 20.1. The van der Waals surface area contributed by atoms with E-state index in [9.17, 15) is 23.2 Å². The molecule has 0 spiro atoms. The Morgan fingerprint density at radius 1 is 0.800 bits per heavy atom. The molecule has 0 aromatic heterocycles. The zero-order valence-corrected chi connectivity index (χ0v) is 21.5. The van der Waals surface area contributed by atoms with E-state index in [1.54, 1.807) is 0 Å². The van der Waals surface area contributed by atoms with Gasteiger partial charge in [-0.2, -0.15) is 4.31 Å². The predicted molar refractivity (Wildman–Crippen MR) is 109 cm³/mol. The van der Waals surface area contributed by atoms with E-state index >= 15 is 0 Å². The van der Waals surface area contributed by atoms with Gasteiger partial charge in [-0.3, -0.25) is 13.9 Å². The van der Waals surface area contributed by atoms with Crippen molar-refractivity contribution in [1.29, 1.82) is 0 Å². The van der Waals surface area contributed by atoms with Crippen LogP contribution < -0.4 is 0 Å². The van der Waals surface area contributed by atoms with Crippen molar-refractivity contribution in [3.05, 3.63) is 0 Å². The summed E-state index contributed by atoms with van der Waals surface area (Å²) in [5.74, 6) is -1.60. The summed E-state index contributed by atoms with van der Waals surface area (Å²) in [6.07, 6.45) is 11.5. The number of phosphoric acid groups is 2. The number of hydrogen-bond acceptors (Lipinski definition) is 7. The molecule has 1 N–H and O–H groups in total. The summed E-state index contributed by atoms with van der Waals surface area (Å²) in [6.45, 7) is 2.60. The molecule has 0 fully saturated rings. The largest absolute Gasteiger partial charge is 0.538 e. The van der Waals surface area contributed by atoms with Crippen LogP contribution in [0, 0.1) is 0 Å². The van der Waals surface area contributed by atoms with E-state index in [-0.39, 0.29) is 34.9 Å². The van der Waals surface area contributed by atoms with Gasteiger partial charge in [-0.05, 0) is 12.8 Å². The maximum atomic E-state index is 12.7. The van der Waals surface area contributed by atoms with Crippen LogP contribution in [-0.4, -0.2) is 30.8 Å². The van der Waals surface area contributed by atoms with Crippen LogP contribution in [0.25, 0.3) is 0 Å². The van der Waals surface area contributed by atoms with E-state index in [1.807, 2.05) is 0 Å². The second-order valence-corrected chi connectivity index (χ2v) is 9.98. The zero-order valence-electron chi connectivity index (χ0n) is 18.2. The number of unbranched alkanes of at least 4 members (excludes halogenated alkanes) is 10. The number of halogens is 1. The Morgan fingerprint density at radius 2 is 1.20 bits per heavy atom. The number of rotatable bonds is 20. The van der Waals surface area contributed by atoms with Crippen molar-refractivity contribution in [2.75, 3.05) is 19.9 Å². The maximum Gasteiger partial charge on any atom is 0.538 e. The average Bonchev–Trinajstić information content (AvgIpc) is 2.65. The van der Waals surface area contributed by atoms with Gasteiger partial charge in [-0.25, -0.2) is 18.3 Å². The van der Waals surface area contributed by atoms with Gasteiger partial charge in [0.05, 0.1) is 13.2 Å². The maximum absolute atomic E-state index is 12.7. The fraction of sp³-hybridized carbons (Fsp3) is 0.944. The van der Waals surface area contributed by atoms with E-state index in [0.29, 0.717) is 12.8 Å². The average molecular weight is 510 g/mol. The van der Waals surface area contributed by atoms with Crippen molar-refractivity contribution in [2.24, 2.45) is 0 Å². The summed E-state index contributed by atoms with van der Waals surface area (Å²) < 4.78 is 55.4. The van der Waals surface area contributed by atoms with Gasteiger partial charge in [-0.15, -0.1) is 0 Å². The third-order valence-corrected chi connectivity index (χ3v) is 7.08. The smallest absolute Gasteiger partial charge is 0.368 e. The minimum Gasteiger partial charge on any atom is -0.368 e. The summed E-state index contributed by atoms with van der Waals surface area (Å²) in [7, 11) is -9.57. The van der Waals surface area contributed by atoms with Crippen LogP contribution >= 0.6 is 15.6 Å². The Kier molecular flexibility index (Phi) is 21.8. The van der Waals surface area contributed by atoms with Crippen LogP contribution in [0.3, 0.4) is 0 Å². The molecule has 0 saturated heterocycles. The van der Waals surface area contributed by atoms with Gasteiger partial charge in [0.1, 0.15) is 0 Å². The van der Waals surface area contributed by atoms with E-state index < -0.39 is 28.3 Å². The molecule has 1 unspecified atom stereocenters. The third-order valence-electron chi connectivity index (χ3n) is 4.02. The molecule has 178 valence electrons. The summed E-state index contributed by atoms with van der Waals surface area (Å²) in [4.78, 5) is 20.4. The number of phosphoric ester groups is 2. The first-order valence-corrected chi connectivity index (χ1v) is 13.5. The number of hydrogen-bond donors (Lipinski definition) is 1. The Morgan fingerprint density at radius 3 is 1.60 bits per heavy atom. The van der Waals surface area contributed by atoms with E-state index in [2.05, 4.69) is 22.7 Å². The van der Waals surface area contributed by atoms with Gasteiger partial charge in [0.25, 0.3) is 0 Å². The monoisotopic (exact) mass is 510 g/mol. The first-order valence-electron chi connectivity index (χ1n) is 10.5. The van der Waals surface area contributed by atoms with Crippen LogP contribution in [0.1, 0.15) is 90.9 Å². The van der Waals surface area contributed by atoms with Crippen molar-refractivity contribution in [3.63, 3.8) is 0 Å². The Balaban J connectivity index is 0. The van der Waals surface area contributed by atoms with E-state index in [4.69, 9.17) is 9.05 Å². The Hall–Kier alpha value is 0.414. The topological polar surface area (TPSA) is 108 Å². The summed E-state index contributed by atoms with van der Waals surface area (Å²) in [6, 6.07) is 0. The summed E-state index contributed by atoms with van der Waals surface area (Å²) >= 11 is 0. The predicted octanol–water partition coefficient (Wildman–Crippen LogP) is 6.48. The van der Waals surface area contributed by atoms with Crippen LogP contribution in [0.4, 0.5) is 4.39 Å². The molecule has 30 heavy (non-hydrogen) atoms. The molecule has 0 rings (SSSR count). The van der Waals surface area contributed by atoms with Crippen LogP contribution in [0.5, 0.6) is 0 Å². The van der Waals surface area contributed by atoms with Gasteiger partial charge in [0.15, 0.2) is 6.67 Å². The van der Waals surface area contributed by atoms with Crippen molar-refractivity contribution in [1.82, 2.24) is 0 Å². The van der Waals surface area contributed by atoms with Gasteiger partial charge >= 0.3 is 21.6 Å². The van der Waals surface area contributed by atoms with Gasteiger partial charge < -0.3 is 4.52 Å². The molecule has 0 radical (unpaired) electrons. The van der Waals surface area contributed by atoms with Gasteiger partial charge in [0, 0.05) is 21.7 Å². The fourth-order valence-corrected chi connectivity index (χ4v) is 5.11. The normalized spacial score (nSPS) is 13.5. The molecule has 0 aromatic rings. The molecular weight excluding hydrogens is 473 g/mol. The third kappa shape index (κ3) is 19.1. The van der Waals surface area contributed by atoms with Crippen molar-refractivity contribution in [2.45, 2.75) is 90.9 Å². The molecule has 0 aliphatic rings. The molecule has 0 aromatic carbocycles. The summed E-state index contributed by atoms with van der Waals surface area (Å²) in [5, 5.41) is 0. The SMILES string of the molecule is CCCCCCCCOP(=O)(OCCCCCCCC)OP(=O)(O)OC(=O)CF.[Ti]. The molecule has 0 amide bonds. The quantitative estimate of drug-likeness (QED) is 0.113. The minimum absolute atomic E-state index is 0. The fourth-order valence-electron chi connectivity index (χ4n) is 2.50. The minimum atomic E-state index is -5.13. The zero-order chi connectivity index (χ0) is 22.0. The van der Waals surface area contributed by atoms with Crippen LogP contribution in [0.2, 0.25) is 0 Å². The van der Waals surface area contributed by atoms with Crippen molar-refractivity contribution >= 4 is 21.6 Å². The molecule has 0 aliphatic heterocycles. The number of carbonyl (C=O) groups is 1. The molecular formula is C18H37FO8P2Ti. The molecule has 12 heteroatoms. The molecule has 0 bridgehead atoms. The molecule has 0 saturated carbocycles. The first-order chi connectivity index (χ1) is 13.8. The molecule has 8 nitrogen and oxygen atoms in total. The second-order valence-electron chi connectivity index (χ2n) is 6.80. The number of carbonyl (C=O) groups excluding carboxylic acids is 1. The molecule has 1 atom stereocenters.